The lowest BCUT2D eigenvalue weighted by Crippen LogP contribution is -2.29. The standard InChI is InChI=1S/C23H20F2N4O/c24-15-11-12-17(19(25)13-15)20(14-26)27-23(30)22-18-9-5-2-6-10-21(18)29(28-22)16-7-3-1-4-8-16/h1,3-4,7-8,11-13,20H,2,5-6,9-10H2,(H,27,30). The summed E-state index contributed by atoms with van der Waals surface area (Å²) in [5, 5.41) is 16.6. The number of carbonyl (C=O) groups is 1. The number of para-hydroxylation sites is 1. The minimum absolute atomic E-state index is 0.0826. The predicted octanol–water partition coefficient (Wildman–Crippen LogP) is 4.41. The number of nitrogens with one attached hydrogen (secondary N) is 1. The molecule has 1 amide bonds. The van der Waals surface area contributed by atoms with Gasteiger partial charge in [0, 0.05) is 22.9 Å². The topological polar surface area (TPSA) is 70.7 Å². The molecule has 1 aliphatic rings. The number of carbonyl (C=O) groups excluding carboxylic acids is 1. The molecule has 2 aromatic carbocycles. The van der Waals surface area contributed by atoms with E-state index in [1.165, 1.54) is 6.07 Å². The summed E-state index contributed by atoms with van der Waals surface area (Å²) in [6, 6.07) is 13.1. The molecule has 1 aromatic heterocycles. The first-order chi connectivity index (χ1) is 14.6. The third-order valence-corrected chi connectivity index (χ3v) is 5.32. The lowest BCUT2D eigenvalue weighted by atomic mass is 10.0. The van der Waals surface area contributed by atoms with E-state index < -0.39 is 23.6 Å². The summed E-state index contributed by atoms with van der Waals surface area (Å²) < 4.78 is 29.1. The summed E-state index contributed by atoms with van der Waals surface area (Å²) >= 11 is 0. The van der Waals surface area contributed by atoms with Crippen molar-refractivity contribution in [2.45, 2.75) is 38.1 Å². The Balaban J connectivity index is 1.70. The number of fused-ring (bicyclic) bond motifs is 1. The highest BCUT2D eigenvalue weighted by atomic mass is 19.1. The molecular weight excluding hydrogens is 386 g/mol. The van der Waals surface area contributed by atoms with Crippen LogP contribution in [0, 0.1) is 23.0 Å². The zero-order chi connectivity index (χ0) is 21.1. The Morgan fingerprint density at radius 2 is 1.87 bits per heavy atom. The van der Waals surface area contributed by atoms with Crippen molar-refractivity contribution < 1.29 is 13.6 Å². The summed E-state index contributed by atoms with van der Waals surface area (Å²) in [5.41, 5.74) is 2.88. The number of hydrogen-bond acceptors (Lipinski definition) is 3. The molecule has 3 aromatic rings. The molecule has 1 unspecified atom stereocenters. The Morgan fingerprint density at radius 3 is 2.60 bits per heavy atom. The van der Waals surface area contributed by atoms with Gasteiger partial charge in [0.1, 0.15) is 17.7 Å². The van der Waals surface area contributed by atoms with E-state index in [4.69, 9.17) is 0 Å². The number of nitriles is 1. The molecule has 7 heteroatoms. The van der Waals surface area contributed by atoms with E-state index in [-0.39, 0.29) is 11.3 Å². The van der Waals surface area contributed by atoms with Gasteiger partial charge in [-0.3, -0.25) is 4.79 Å². The van der Waals surface area contributed by atoms with Crippen LogP contribution in [0.3, 0.4) is 0 Å². The van der Waals surface area contributed by atoms with Crippen LogP contribution in [-0.2, 0) is 12.8 Å². The van der Waals surface area contributed by atoms with Gasteiger partial charge in [-0.05, 0) is 43.9 Å². The van der Waals surface area contributed by atoms with Crippen molar-refractivity contribution in [1.82, 2.24) is 15.1 Å². The molecule has 4 rings (SSSR count). The number of rotatable bonds is 4. The molecule has 0 fully saturated rings. The molecule has 1 atom stereocenters. The van der Waals surface area contributed by atoms with Crippen molar-refractivity contribution in [2.75, 3.05) is 0 Å². The van der Waals surface area contributed by atoms with Crippen molar-refractivity contribution in [3.63, 3.8) is 0 Å². The monoisotopic (exact) mass is 406 g/mol. The molecule has 0 saturated heterocycles. The smallest absolute Gasteiger partial charge is 0.273 e. The van der Waals surface area contributed by atoms with Gasteiger partial charge in [-0.1, -0.05) is 30.7 Å². The third-order valence-electron chi connectivity index (χ3n) is 5.32. The molecule has 1 aliphatic carbocycles. The van der Waals surface area contributed by atoms with Crippen LogP contribution in [0.4, 0.5) is 8.78 Å². The Bertz CT molecular complexity index is 1120. The molecule has 152 valence electrons. The maximum absolute atomic E-state index is 14.1. The largest absolute Gasteiger partial charge is 0.331 e. The summed E-state index contributed by atoms with van der Waals surface area (Å²) in [6.07, 6.45) is 4.54. The molecule has 1 N–H and O–H groups in total. The minimum atomic E-state index is -1.25. The lowest BCUT2D eigenvalue weighted by molar-refractivity contribution is 0.0938. The highest BCUT2D eigenvalue weighted by Gasteiger charge is 2.27. The van der Waals surface area contributed by atoms with E-state index in [2.05, 4.69) is 10.4 Å². The number of benzene rings is 2. The Kier molecular flexibility index (Phi) is 5.57. The highest BCUT2D eigenvalue weighted by molar-refractivity contribution is 5.94. The van der Waals surface area contributed by atoms with Gasteiger partial charge in [0.2, 0.25) is 0 Å². The first-order valence-corrected chi connectivity index (χ1v) is 9.90. The zero-order valence-electron chi connectivity index (χ0n) is 16.2. The Hall–Kier alpha value is -3.53. The van der Waals surface area contributed by atoms with Crippen LogP contribution in [0.5, 0.6) is 0 Å². The van der Waals surface area contributed by atoms with Gasteiger partial charge >= 0.3 is 0 Å². The third kappa shape index (κ3) is 3.81. The van der Waals surface area contributed by atoms with Crippen LogP contribution < -0.4 is 5.32 Å². The molecule has 5 nitrogen and oxygen atoms in total. The summed E-state index contributed by atoms with van der Waals surface area (Å²) in [6.45, 7) is 0. The van der Waals surface area contributed by atoms with Gasteiger partial charge < -0.3 is 5.32 Å². The normalized spacial score (nSPS) is 14.3. The van der Waals surface area contributed by atoms with E-state index in [1.807, 2.05) is 36.4 Å². The van der Waals surface area contributed by atoms with Crippen LogP contribution in [0.1, 0.15) is 52.6 Å². The zero-order valence-corrected chi connectivity index (χ0v) is 16.2. The number of amides is 1. The van der Waals surface area contributed by atoms with Gasteiger partial charge in [-0.25, -0.2) is 13.5 Å². The van der Waals surface area contributed by atoms with Gasteiger partial charge in [-0.2, -0.15) is 10.4 Å². The molecular formula is C23H20F2N4O. The van der Waals surface area contributed by atoms with E-state index >= 15 is 0 Å². The fourth-order valence-electron chi connectivity index (χ4n) is 3.86. The average Bonchev–Trinajstić information content (AvgIpc) is 2.94. The number of halogens is 2. The predicted molar refractivity (Wildman–Crippen MR) is 107 cm³/mol. The maximum atomic E-state index is 14.1. The van der Waals surface area contributed by atoms with Crippen molar-refractivity contribution in [1.29, 1.82) is 5.26 Å². The van der Waals surface area contributed by atoms with Gasteiger partial charge in [0.25, 0.3) is 5.91 Å². The quantitative estimate of drug-likeness (QED) is 0.653. The lowest BCUT2D eigenvalue weighted by Gasteiger charge is -2.12. The molecule has 0 saturated carbocycles. The van der Waals surface area contributed by atoms with Crippen molar-refractivity contribution in [3.05, 3.63) is 82.7 Å². The Labute approximate surface area is 173 Å². The van der Waals surface area contributed by atoms with Gasteiger partial charge in [0.05, 0.1) is 11.8 Å². The average molecular weight is 406 g/mol. The SMILES string of the molecule is N#CC(NC(=O)c1nn(-c2ccccc2)c2c1CCCCC2)c1ccc(F)cc1F. The molecule has 30 heavy (non-hydrogen) atoms. The summed E-state index contributed by atoms with van der Waals surface area (Å²) in [4.78, 5) is 13.1. The second kappa shape index (κ2) is 8.46. The first kappa shape index (κ1) is 19.8. The number of hydrogen-bond donors (Lipinski definition) is 1. The molecule has 0 spiro atoms. The molecule has 0 bridgehead atoms. The molecule has 0 radical (unpaired) electrons. The van der Waals surface area contributed by atoms with Gasteiger partial charge in [0.15, 0.2) is 5.69 Å². The van der Waals surface area contributed by atoms with E-state index in [0.29, 0.717) is 12.5 Å². The van der Waals surface area contributed by atoms with Crippen molar-refractivity contribution in [2.24, 2.45) is 0 Å². The van der Waals surface area contributed by atoms with E-state index in [0.717, 1.165) is 48.7 Å². The first-order valence-electron chi connectivity index (χ1n) is 9.90. The second-order valence-electron chi connectivity index (χ2n) is 7.28. The number of aromatic nitrogens is 2. The van der Waals surface area contributed by atoms with Crippen LogP contribution in [0.15, 0.2) is 48.5 Å². The van der Waals surface area contributed by atoms with E-state index in [1.54, 1.807) is 4.68 Å². The fourth-order valence-corrected chi connectivity index (χ4v) is 3.86. The van der Waals surface area contributed by atoms with Crippen molar-refractivity contribution >= 4 is 5.91 Å². The summed E-state index contributed by atoms with van der Waals surface area (Å²) in [7, 11) is 0. The maximum Gasteiger partial charge on any atom is 0.273 e. The fraction of sp³-hybridized carbons (Fsp3) is 0.261. The van der Waals surface area contributed by atoms with Crippen molar-refractivity contribution in [3.8, 4) is 11.8 Å². The minimum Gasteiger partial charge on any atom is -0.331 e. The molecule has 1 heterocycles. The van der Waals surface area contributed by atoms with Gasteiger partial charge in [-0.15, -0.1) is 0 Å². The molecule has 0 aliphatic heterocycles. The second-order valence-corrected chi connectivity index (χ2v) is 7.28. The van der Waals surface area contributed by atoms with Crippen LogP contribution >= 0.6 is 0 Å². The van der Waals surface area contributed by atoms with Crippen LogP contribution in [0.2, 0.25) is 0 Å². The Morgan fingerprint density at radius 1 is 1.10 bits per heavy atom. The number of nitrogens with zero attached hydrogens (tertiary/aromatic N) is 3. The summed E-state index contributed by atoms with van der Waals surface area (Å²) in [5.74, 6) is -2.17. The highest BCUT2D eigenvalue weighted by Crippen LogP contribution is 2.27. The van der Waals surface area contributed by atoms with Crippen LogP contribution in [0.25, 0.3) is 5.69 Å². The van der Waals surface area contributed by atoms with Crippen LogP contribution in [-0.4, -0.2) is 15.7 Å². The van der Waals surface area contributed by atoms with E-state index in [9.17, 15) is 18.8 Å².